The highest BCUT2D eigenvalue weighted by molar-refractivity contribution is 9.10. The van der Waals surface area contributed by atoms with Gasteiger partial charge in [0.2, 0.25) is 0 Å². The van der Waals surface area contributed by atoms with Gasteiger partial charge in [-0.1, -0.05) is 0 Å². The molecule has 0 atom stereocenters. The fourth-order valence-electron chi connectivity index (χ4n) is 3.20. The van der Waals surface area contributed by atoms with Gasteiger partial charge in [0.05, 0.1) is 22.4 Å². The van der Waals surface area contributed by atoms with Crippen LogP contribution in [-0.4, -0.2) is 34.3 Å². The van der Waals surface area contributed by atoms with Gasteiger partial charge in [0, 0.05) is 30.0 Å². The monoisotopic (exact) mass is 349 g/mol. The number of rotatable bonds is 1. The standard InChI is InChI=1S/C16H20BrN3O/c1-15(2)9-20(10-16(3,4)21-15)13-5-6-18-12-7-11(17)8-19-14(12)13/h5-8H,9-10H2,1-4H3. The van der Waals surface area contributed by atoms with Crippen molar-refractivity contribution in [1.29, 1.82) is 0 Å². The van der Waals surface area contributed by atoms with Gasteiger partial charge < -0.3 is 9.64 Å². The minimum atomic E-state index is -0.188. The lowest BCUT2D eigenvalue weighted by Crippen LogP contribution is -2.57. The van der Waals surface area contributed by atoms with Crippen molar-refractivity contribution in [2.45, 2.75) is 38.9 Å². The van der Waals surface area contributed by atoms with Gasteiger partial charge >= 0.3 is 0 Å². The van der Waals surface area contributed by atoms with Gasteiger partial charge in [-0.15, -0.1) is 0 Å². The molecule has 0 spiro atoms. The van der Waals surface area contributed by atoms with Gasteiger partial charge in [0.25, 0.3) is 0 Å². The summed E-state index contributed by atoms with van der Waals surface area (Å²) in [6, 6.07) is 4.04. The lowest BCUT2D eigenvalue weighted by atomic mass is 9.98. The van der Waals surface area contributed by atoms with E-state index in [1.165, 1.54) is 0 Å². The van der Waals surface area contributed by atoms with E-state index in [2.05, 4.69) is 58.5 Å². The molecule has 1 aliphatic rings. The van der Waals surface area contributed by atoms with Crippen LogP contribution < -0.4 is 4.90 Å². The number of anilines is 1. The quantitative estimate of drug-likeness (QED) is 0.785. The summed E-state index contributed by atoms with van der Waals surface area (Å²) in [7, 11) is 0. The largest absolute Gasteiger partial charge is 0.366 e. The summed E-state index contributed by atoms with van der Waals surface area (Å²) in [6.07, 6.45) is 3.67. The summed E-state index contributed by atoms with van der Waals surface area (Å²) in [5, 5.41) is 0. The predicted molar refractivity (Wildman–Crippen MR) is 88.7 cm³/mol. The molecule has 1 fully saturated rings. The van der Waals surface area contributed by atoms with Gasteiger partial charge in [0.15, 0.2) is 0 Å². The summed E-state index contributed by atoms with van der Waals surface area (Å²) >= 11 is 3.45. The Kier molecular flexibility index (Phi) is 3.45. The molecular weight excluding hydrogens is 330 g/mol. The van der Waals surface area contributed by atoms with Crippen LogP contribution in [0.2, 0.25) is 0 Å². The van der Waals surface area contributed by atoms with Crippen molar-refractivity contribution >= 4 is 32.7 Å². The van der Waals surface area contributed by atoms with Crippen molar-refractivity contribution in [2.24, 2.45) is 0 Å². The maximum atomic E-state index is 6.16. The average Bonchev–Trinajstić information content (AvgIpc) is 2.33. The Morgan fingerprint density at radius 3 is 2.48 bits per heavy atom. The summed E-state index contributed by atoms with van der Waals surface area (Å²) in [5.74, 6) is 0. The minimum Gasteiger partial charge on any atom is -0.366 e. The molecule has 0 aromatic carbocycles. The van der Waals surface area contributed by atoms with Gasteiger partial charge in [-0.05, 0) is 55.8 Å². The van der Waals surface area contributed by atoms with Crippen LogP contribution in [0.15, 0.2) is 29.0 Å². The number of morpholine rings is 1. The molecule has 21 heavy (non-hydrogen) atoms. The third-order valence-corrected chi connectivity index (χ3v) is 3.99. The fraction of sp³-hybridized carbons (Fsp3) is 0.500. The highest BCUT2D eigenvalue weighted by Gasteiger charge is 2.38. The molecule has 1 saturated heterocycles. The zero-order valence-electron chi connectivity index (χ0n) is 12.9. The molecule has 1 aliphatic heterocycles. The minimum absolute atomic E-state index is 0.188. The number of aromatic nitrogens is 2. The highest BCUT2D eigenvalue weighted by atomic mass is 79.9. The van der Waals surface area contributed by atoms with E-state index >= 15 is 0 Å². The topological polar surface area (TPSA) is 38.2 Å². The van der Waals surface area contributed by atoms with Gasteiger partial charge in [-0.2, -0.15) is 0 Å². The van der Waals surface area contributed by atoms with Gasteiger partial charge in [-0.3, -0.25) is 9.97 Å². The van der Waals surface area contributed by atoms with Crippen molar-refractivity contribution in [2.75, 3.05) is 18.0 Å². The van der Waals surface area contributed by atoms with E-state index in [0.717, 1.165) is 34.3 Å². The first-order valence-electron chi connectivity index (χ1n) is 7.11. The van der Waals surface area contributed by atoms with Crippen LogP contribution in [0.25, 0.3) is 11.0 Å². The zero-order valence-corrected chi connectivity index (χ0v) is 14.4. The summed E-state index contributed by atoms with van der Waals surface area (Å²) < 4.78 is 7.11. The molecule has 112 valence electrons. The fourth-order valence-corrected chi connectivity index (χ4v) is 3.52. The van der Waals surface area contributed by atoms with Crippen LogP contribution in [0, 0.1) is 0 Å². The van der Waals surface area contributed by atoms with Crippen LogP contribution in [0.1, 0.15) is 27.7 Å². The lowest BCUT2D eigenvalue weighted by Gasteiger charge is -2.48. The molecule has 0 unspecified atom stereocenters. The molecule has 0 amide bonds. The molecule has 0 N–H and O–H groups in total. The van der Waals surface area contributed by atoms with Gasteiger partial charge in [0.1, 0.15) is 5.52 Å². The van der Waals surface area contributed by atoms with Crippen LogP contribution in [0.5, 0.6) is 0 Å². The molecule has 0 saturated carbocycles. The van der Waals surface area contributed by atoms with Crippen molar-refractivity contribution in [3.63, 3.8) is 0 Å². The molecule has 0 bridgehead atoms. The second-order valence-corrected chi connectivity index (χ2v) is 7.74. The van der Waals surface area contributed by atoms with E-state index in [1.807, 2.05) is 24.5 Å². The molecule has 0 aliphatic carbocycles. The zero-order chi connectivity index (χ0) is 15.3. The van der Waals surface area contributed by atoms with Crippen LogP contribution in [0.4, 0.5) is 5.69 Å². The first-order valence-corrected chi connectivity index (χ1v) is 7.91. The van der Waals surface area contributed by atoms with Crippen molar-refractivity contribution in [3.8, 4) is 0 Å². The predicted octanol–water partition coefficient (Wildman–Crippen LogP) is 3.79. The average molecular weight is 350 g/mol. The van der Waals surface area contributed by atoms with Gasteiger partial charge in [-0.25, -0.2) is 0 Å². The molecular formula is C16H20BrN3O. The van der Waals surface area contributed by atoms with E-state index in [9.17, 15) is 0 Å². The first-order chi connectivity index (χ1) is 9.76. The number of hydrogen-bond donors (Lipinski definition) is 0. The Labute approximate surface area is 133 Å². The van der Waals surface area contributed by atoms with E-state index in [4.69, 9.17) is 4.74 Å². The molecule has 3 heterocycles. The second kappa shape index (κ2) is 4.92. The van der Waals surface area contributed by atoms with Crippen LogP contribution >= 0.6 is 15.9 Å². The van der Waals surface area contributed by atoms with E-state index in [0.29, 0.717) is 0 Å². The smallest absolute Gasteiger partial charge is 0.112 e. The summed E-state index contributed by atoms with van der Waals surface area (Å²) in [6.45, 7) is 10.2. The summed E-state index contributed by atoms with van der Waals surface area (Å²) in [5.41, 5.74) is 2.59. The van der Waals surface area contributed by atoms with Crippen LogP contribution in [0.3, 0.4) is 0 Å². The molecule has 2 aromatic heterocycles. The Morgan fingerprint density at radius 2 is 1.81 bits per heavy atom. The summed E-state index contributed by atoms with van der Waals surface area (Å²) in [4.78, 5) is 11.3. The molecule has 3 rings (SSSR count). The van der Waals surface area contributed by atoms with E-state index in [1.54, 1.807) is 0 Å². The Hall–Kier alpha value is -1.20. The Bertz CT molecular complexity index is 668. The maximum Gasteiger partial charge on any atom is 0.112 e. The molecule has 4 nitrogen and oxygen atoms in total. The van der Waals surface area contributed by atoms with Crippen molar-refractivity contribution in [1.82, 2.24) is 9.97 Å². The van der Waals surface area contributed by atoms with Crippen molar-refractivity contribution < 1.29 is 4.74 Å². The number of nitrogens with zero attached hydrogens (tertiary/aromatic N) is 3. The maximum absolute atomic E-state index is 6.16. The normalized spacial score (nSPS) is 20.7. The van der Waals surface area contributed by atoms with Crippen LogP contribution in [-0.2, 0) is 4.74 Å². The first kappa shape index (κ1) is 14.7. The number of fused-ring (bicyclic) bond motifs is 1. The Balaban J connectivity index is 2.07. The molecule has 0 radical (unpaired) electrons. The number of ether oxygens (including phenoxy) is 1. The third-order valence-electron chi connectivity index (χ3n) is 3.56. The van der Waals surface area contributed by atoms with Crippen molar-refractivity contribution in [3.05, 3.63) is 29.0 Å². The number of halogens is 1. The molecule has 2 aromatic rings. The van der Waals surface area contributed by atoms with E-state index in [-0.39, 0.29) is 11.2 Å². The number of pyridine rings is 2. The molecule has 5 heteroatoms. The van der Waals surface area contributed by atoms with E-state index < -0.39 is 0 Å². The third kappa shape index (κ3) is 3.04. The number of hydrogen-bond acceptors (Lipinski definition) is 4. The highest BCUT2D eigenvalue weighted by Crippen LogP contribution is 2.34. The Morgan fingerprint density at radius 1 is 1.14 bits per heavy atom. The lowest BCUT2D eigenvalue weighted by molar-refractivity contribution is -0.133. The SMILES string of the molecule is CC1(C)CN(c2ccnc3cc(Br)cnc23)CC(C)(C)O1. The second-order valence-electron chi connectivity index (χ2n) is 6.83.